The predicted octanol–water partition coefficient (Wildman–Crippen LogP) is 5.40. The molecule has 3 aromatic carbocycles. The molecule has 1 unspecified atom stereocenters. The fourth-order valence-electron chi connectivity index (χ4n) is 4.46. The molecule has 3 aromatic rings. The van der Waals surface area contributed by atoms with Gasteiger partial charge in [-0.3, -0.25) is 13.9 Å². The van der Waals surface area contributed by atoms with E-state index < -0.39 is 28.5 Å². The number of hydrogen-bond acceptors (Lipinski definition) is 4. The third-order valence-corrected chi connectivity index (χ3v) is 8.69. The van der Waals surface area contributed by atoms with Crippen LogP contribution in [0.2, 0.25) is 5.02 Å². The van der Waals surface area contributed by atoms with Gasteiger partial charge >= 0.3 is 0 Å². The molecular formula is C30H36ClN3O4S. The molecule has 3 rings (SSSR count). The highest BCUT2D eigenvalue weighted by Gasteiger charge is 2.34. The van der Waals surface area contributed by atoms with Gasteiger partial charge < -0.3 is 10.2 Å². The van der Waals surface area contributed by atoms with E-state index in [1.807, 2.05) is 39.8 Å². The second-order valence-corrected chi connectivity index (χ2v) is 11.8. The number of carbonyl (C=O) groups is 2. The fraction of sp³-hybridized carbons (Fsp3) is 0.333. The van der Waals surface area contributed by atoms with Crippen molar-refractivity contribution in [2.24, 2.45) is 0 Å². The monoisotopic (exact) mass is 569 g/mol. The lowest BCUT2D eigenvalue weighted by molar-refractivity contribution is -0.140. The number of nitrogens with one attached hydrogen (secondary N) is 1. The molecule has 0 radical (unpaired) electrons. The van der Waals surface area contributed by atoms with Crippen LogP contribution < -0.4 is 9.62 Å². The molecule has 1 N–H and O–H groups in total. The molecule has 0 bridgehead atoms. The number of amides is 2. The maximum Gasteiger partial charge on any atom is 0.264 e. The first-order valence-corrected chi connectivity index (χ1v) is 14.8. The molecule has 9 heteroatoms. The number of sulfonamides is 1. The minimum Gasteiger partial charge on any atom is -0.355 e. The average molecular weight is 570 g/mol. The normalized spacial score (nSPS) is 12.1. The van der Waals surface area contributed by atoms with Gasteiger partial charge in [0.15, 0.2) is 0 Å². The zero-order valence-corrected chi connectivity index (χ0v) is 24.6. The van der Waals surface area contributed by atoms with Crippen LogP contribution in [0.1, 0.15) is 42.5 Å². The molecule has 208 valence electrons. The molecular weight excluding hydrogens is 534 g/mol. The zero-order valence-electron chi connectivity index (χ0n) is 23.1. The van der Waals surface area contributed by atoms with E-state index in [2.05, 4.69) is 5.32 Å². The molecule has 0 heterocycles. The third kappa shape index (κ3) is 7.19. The molecule has 39 heavy (non-hydrogen) atoms. The number of rotatable bonds is 11. The van der Waals surface area contributed by atoms with Crippen LogP contribution in [0.5, 0.6) is 0 Å². The summed E-state index contributed by atoms with van der Waals surface area (Å²) in [4.78, 5) is 28.6. The highest BCUT2D eigenvalue weighted by molar-refractivity contribution is 7.92. The van der Waals surface area contributed by atoms with Gasteiger partial charge in [-0.25, -0.2) is 8.42 Å². The minimum atomic E-state index is -4.12. The maximum absolute atomic E-state index is 14.1. The first-order valence-electron chi connectivity index (χ1n) is 13.0. The van der Waals surface area contributed by atoms with E-state index in [4.69, 9.17) is 11.6 Å². The van der Waals surface area contributed by atoms with E-state index in [9.17, 15) is 18.0 Å². The summed E-state index contributed by atoms with van der Waals surface area (Å²) in [5, 5.41) is 3.25. The van der Waals surface area contributed by atoms with Crippen LogP contribution in [-0.4, -0.2) is 44.3 Å². The summed E-state index contributed by atoms with van der Waals surface area (Å²) in [5.74, 6) is -0.816. The Morgan fingerprint density at radius 3 is 2.15 bits per heavy atom. The Hall–Kier alpha value is -3.36. The van der Waals surface area contributed by atoms with Crippen LogP contribution in [-0.2, 0) is 26.2 Å². The van der Waals surface area contributed by atoms with Crippen LogP contribution >= 0.6 is 11.6 Å². The van der Waals surface area contributed by atoms with Crippen molar-refractivity contribution in [2.45, 2.75) is 58.5 Å². The Kier molecular flexibility index (Phi) is 10.2. The van der Waals surface area contributed by atoms with Gasteiger partial charge in [0.2, 0.25) is 11.8 Å². The first-order chi connectivity index (χ1) is 18.5. The SMILES string of the molecule is CCNC(=O)C(CC)N(Cc1ccccc1Cl)C(=O)CN(c1ccc(C)cc1C)S(=O)(=O)c1ccc(C)cc1. The zero-order chi connectivity index (χ0) is 28.7. The number of likely N-dealkylation sites (N-methyl/N-ethyl adjacent to an activating group) is 1. The second kappa shape index (κ2) is 13.1. The molecule has 2 amide bonds. The Balaban J connectivity index is 2.11. The van der Waals surface area contributed by atoms with Gasteiger partial charge in [0, 0.05) is 18.1 Å². The van der Waals surface area contributed by atoms with E-state index in [0.29, 0.717) is 34.8 Å². The van der Waals surface area contributed by atoms with E-state index >= 15 is 0 Å². The van der Waals surface area contributed by atoms with Crippen molar-refractivity contribution in [3.63, 3.8) is 0 Å². The number of aryl methyl sites for hydroxylation is 3. The maximum atomic E-state index is 14.1. The Morgan fingerprint density at radius 1 is 0.923 bits per heavy atom. The van der Waals surface area contributed by atoms with E-state index in [-0.39, 0.29) is 17.3 Å². The fourth-order valence-corrected chi connectivity index (χ4v) is 6.13. The van der Waals surface area contributed by atoms with Gasteiger partial charge in [-0.1, -0.05) is 72.1 Å². The van der Waals surface area contributed by atoms with Gasteiger partial charge in [0.1, 0.15) is 12.6 Å². The van der Waals surface area contributed by atoms with E-state index in [1.54, 1.807) is 49.4 Å². The largest absolute Gasteiger partial charge is 0.355 e. The van der Waals surface area contributed by atoms with Gasteiger partial charge in [-0.15, -0.1) is 0 Å². The molecule has 0 aliphatic heterocycles. The van der Waals surface area contributed by atoms with Crippen LogP contribution in [0, 0.1) is 20.8 Å². The number of hydrogen-bond donors (Lipinski definition) is 1. The van der Waals surface area contributed by atoms with Crippen LogP contribution in [0.4, 0.5) is 5.69 Å². The van der Waals surface area contributed by atoms with Crippen LogP contribution in [0.25, 0.3) is 0 Å². The average Bonchev–Trinajstić information content (AvgIpc) is 2.89. The van der Waals surface area contributed by atoms with Crippen molar-refractivity contribution < 1.29 is 18.0 Å². The highest BCUT2D eigenvalue weighted by atomic mass is 35.5. The second-order valence-electron chi connectivity index (χ2n) is 9.55. The lowest BCUT2D eigenvalue weighted by Crippen LogP contribution is -2.52. The molecule has 0 saturated heterocycles. The van der Waals surface area contributed by atoms with Crippen molar-refractivity contribution in [3.8, 4) is 0 Å². The quantitative estimate of drug-likeness (QED) is 0.335. The summed E-state index contributed by atoms with van der Waals surface area (Å²) < 4.78 is 29.1. The minimum absolute atomic E-state index is 0.0550. The van der Waals surface area contributed by atoms with Crippen LogP contribution in [0.3, 0.4) is 0 Å². The molecule has 0 fully saturated rings. The molecule has 1 atom stereocenters. The molecule has 7 nitrogen and oxygen atoms in total. The Morgan fingerprint density at radius 2 is 1.56 bits per heavy atom. The first kappa shape index (κ1) is 30.2. The number of anilines is 1. The lowest BCUT2D eigenvalue weighted by atomic mass is 10.1. The predicted molar refractivity (Wildman–Crippen MR) is 156 cm³/mol. The Bertz CT molecular complexity index is 1420. The van der Waals surface area contributed by atoms with Crippen molar-refractivity contribution in [3.05, 3.63) is 94.0 Å². The summed E-state index contributed by atoms with van der Waals surface area (Å²) >= 11 is 6.42. The summed E-state index contributed by atoms with van der Waals surface area (Å²) in [6, 6.07) is 18.2. The van der Waals surface area contributed by atoms with Gasteiger partial charge in [-0.2, -0.15) is 0 Å². The van der Waals surface area contributed by atoms with Crippen LogP contribution in [0.15, 0.2) is 71.6 Å². The van der Waals surface area contributed by atoms with Crippen molar-refractivity contribution >= 4 is 39.1 Å². The highest BCUT2D eigenvalue weighted by Crippen LogP contribution is 2.29. The molecule has 0 saturated carbocycles. The topological polar surface area (TPSA) is 86.8 Å². The van der Waals surface area contributed by atoms with E-state index in [0.717, 1.165) is 15.4 Å². The van der Waals surface area contributed by atoms with Crippen molar-refractivity contribution in [2.75, 3.05) is 17.4 Å². The van der Waals surface area contributed by atoms with Gasteiger partial charge in [0.25, 0.3) is 10.0 Å². The molecule has 0 aliphatic carbocycles. The number of carbonyl (C=O) groups excluding carboxylic acids is 2. The summed E-state index contributed by atoms with van der Waals surface area (Å²) in [6.07, 6.45) is 0.344. The molecule has 0 aromatic heterocycles. The summed E-state index contributed by atoms with van der Waals surface area (Å²) in [5.41, 5.74) is 3.67. The standard InChI is InChI=1S/C30H36ClN3O4S/c1-6-27(30(36)32-7-2)33(19-24-10-8-9-11-26(24)31)29(35)20-34(28-17-14-22(4)18-23(28)5)39(37,38)25-15-12-21(3)13-16-25/h8-18,27H,6-7,19-20H2,1-5H3,(H,32,36). The van der Waals surface area contributed by atoms with Crippen molar-refractivity contribution in [1.82, 2.24) is 10.2 Å². The third-order valence-electron chi connectivity index (χ3n) is 6.54. The molecule has 0 aliphatic rings. The smallest absolute Gasteiger partial charge is 0.264 e. The number of halogens is 1. The van der Waals surface area contributed by atoms with Gasteiger partial charge in [0.05, 0.1) is 10.6 Å². The van der Waals surface area contributed by atoms with E-state index in [1.165, 1.54) is 17.0 Å². The lowest BCUT2D eigenvalue weighted by Gasteiger charge is -2.33. The van der Waals surface area contributed by atoms with Crippen molar-refractivity contribution in [1.29, 1.82) is 0 Å². The summed E-state index contributed by atoms with van der Waals surface area (Å²) in [6.45, 7) is 9.21. The van der Waals surface area contributed by atoms with Gasteiger partial charge in [-0.05, 0) is 69.5 Å². The molecule has 0 spiro atoms. The summed E-state index contributed by atoms with van der Waals surface area (Å²) in [7, 11) is -4.12. The Labute approximate surface area is 236 Å². The number of benzene rings is 3. The number of nitrogens with zero attached hydrogens (tertiary/aromatic N) is 2.